The van der Waals surface area contributed by atoms with Crippen molar-refractivity contribution in [3.05, 3.63) is 176 Å². The summed E-state index contributed by atoms with van der Waals surface area (Å²) in [5.41, 5.74) is 8.54. The van der Waals surface area contributed by atoms with E-state index in [4.69, 9.17) is 0 Å². The van der Waals surface area contributed by atoms with Gasteiger partial charge in [-0.25, -0.2) is 0 Å². The smallest absolute Gasteiger partial charge is 0.0547 e. The average Bonchev–Trinajstić information content (AvgIpc) is 3.48. The summed E-state index contributed by atoms with van der Waals surface area (Å²) >= 11 is 0. The van der Waals surface area contributed by atoms with Gasteiger partial charge in [0.1, 0.15) is 0 Å². The highest BCUT2D eigenvalue weighted by molar-refractivity contribution is 6.33. The SMILES string of the molecule is c1ccc(-n2c3ccccc3c3ccc(-c4ccc(-c5cc6c7ccccc7c7ccccc7c6c6ccccc56)cc4)cc32)cc1. The van der Waals surface area contributed by atoms with Gasteiger partial charge in [0.15, 0.2) is 0 Å². The Hall–Kier alpha value is -6.18. The lowest BCUT2D eigenvalue weighted by Gasteiger charge is -2.16. The summed E-state index contributed by atoms with van der Waals surface area (Å²) < 4.78 is 2.39. The molecule has 0 atom stereocenters. The van der Waals surface area contributed by atoms with Crippen molar-refractivity contribution in [1.29, 1.82) is 0 Å². The predicted molar refractivity (Wildman–Crippen MR) is 202 cm³/mol. The molecule has 47 heavy (non-hydrogen) atoms. The Labute approximate surface area is 272 Å². The molecule has 0 saturated heterocycles. The van der Waals surface area contributed by atoms with E-state index in [1.165, 1.54) is 92.8 Å². The average molecular weight is 596 g/mol. The van der Waals surface area contributed by atoms with E-state index in [-0.39, 0.29) is 0 Å². The molecule has 0 radical (unpaired) electrons. The van der Waals surface area contributed by atoms with Crippen LogP contribution in [0.2, 0.25) is 0 Å². The molecule has 10 aromatic rings. The molecule has 10 rings (SSSR count). The second-order valence-corrected chi connectivity index (χ2v) is 12.5. The number of hydrogen-bond donors (Lipinski definition) is 0. The Morgan fingerprint density at radius 2 is 0.766 bits per heavy atom. The third-order valence-electron chi connectivity index (χ3n) is 9.97. The van der Waals surface area contributed by atoms with Gasteiger partial charge in [0, 0.05) is 16.5 Å². The Morgan fingerprint density at radius 3 is 1.49 bits per heavy atom. The van der Waals surface area contributed by atoms with Gasteiger partial charge < -0.3 is 4.57 Å². The maximum absolute atomic E-state index is 2.42. The third-order valence-corrected chi connectivity index (χ3v) is 9.97. The minimum absolute atomic E-state index is 1.18. The van der Waals surface area contributed by atoms with Crippen LogP contribution in [0.1, 0.15) is 0 Å². The topological polar surface area (TPSA) is 4.93 Å². The van der Waals surface area contributed by atoms with Crippen molar-refractivity contribution in [3.8, 4) is 27.9 Å². The first-order chi connectivity index (χ1) is 23.3. The van der Waals surface area contributed by atoms with Crippen molar-refractivity contribution in [3.63, 3.8) is 0 Å². The molecule has 0 spiro atoms. The van der Waals surface area contributed by atoms with Gasteiger partial charge in [-0.05, 0) is 95.7 Å². The Morgan fingerprint density at radius 1 is 0.277 bits per heavy atom. The summed E-state index contributed by atoms with van der Waals surface area (Å²) in [6, 6.07) is 64.4. The molecule has 0 aliphatic carbocycles. The fourth-order valence-electron chi connectivity index (χ4n) is 7.85. The molecular weight excluding hydrogens is 567 g/mol. The van der Waals surface area contributed by atoms with Crippen LogP contribution in [0.5, 0.6) is 0 Å². The quantitative estimate of drug-likeness (QED) is 0.179. The largest absolute Gasteiger partial charge is 0.309 e. The standard InChI is InChI=1S/C46H29N/c1-2-12-33(13-3-1)47-44-21-11-10-18-38(44)39-27-26-32(28-45(39)47)30-22-24-31(25-23-30)42-29-43-36-16-5-4-14-34(36)35-15-6-8-19-40(35)46(43)41-20-9-7-17-37(41)42/h1-29H. The maximum atomic E-state index is 2.42. The van der Waals surface area contributed by atoms with E-state index in [9.17, 15) is 0 Å². The van der Waals surface area contributed by atoms with Crippen molar-refractivity contribution < 1.29 is 0 Å². The summed E-state index contributed by atoms with van der Waals surface area (Å²) in [4.78, 5) is 0. The number of rotatable bonds is 3. The van der Waals surface area contributed by atoms with Crippen molar-refractivity contribution in [1.82, 2.24) is 4.57 Å². The molecular formula is C46H29N. The van der Waals surface area contributed by atoms with E-state index in [0.29, 0.717) is 0 Å². The fourth-order valence-corrected chi connectivity index (χ4v) is 7.85. The zero-order chi connectivity index (χ0) is 30.9. The van der Waals surface area contributed by atoms with Crippen LogP contribution in [0.3, 0.4) is 0 Å². The van der Waals surface area contributed by atoms with Crippen LogP contribution >= 0.6 is 0 Å². The van der Waals surface area contributed by atoms with Gasteiger partial charge >= 0.3 is 0 Å². The number of benzene rings is 9. The second kappa shape index (κ2) is 10.2. The van der Waals surface area contributed by atoms with E-state index in [0.717, 1.165) is 0 Å². The van der Waals surface area contributed by atoms with Crippen LogP contribution in [0.25, 0.3) is 92.8 Å². The Bertz CT molecular complexity index is 2820. The molecule has 0 bridgehead atoms. The minimum atomic E-state index is 1.18. The van der Waals surface area contributed by atoms with Gasteiger partial charge in [-0.15, -0.1) is 0 Å². The molecule has 9 aromatic carbocycles. The van der Waals surface area contributed by atoms with E-state index >= 15 is 0 Å². The molecule has 1 heteroatoms. The van der Waals surface area contributed by atoms with E-state index in [1.54, 1.807) is 0 Å². The molecule has 0 aliphatic heterocycles. The summed E-state index contributed by atoms with van der Waals surface area (Å²) in [6.07, 6.45) is 0. The lowest BCUT2D eigenvalue weighted by Crippen LogP contribution is -1.93. The number of para-hydroxylation sites is 2. The molecule has 0 saturated carbocycles. The van der Waals surface area contributed by atoms with Gasteiger partial charge in [-0.1, -0.05) is 146 Å². The fraction of sp³-hybridized carbons (Fsp3) is 0. The van der Waals surface area contributed by atoms with Crippen molar-refractivity contribution >= 4 is 64.9 Å². The number of fused-ring (bicyclic) bond motifs is 11. The van der Waals surface area contributed by atoms with Crippen LogP contribution in [-0.2, 0) is 0 Å². The number of hydrogen-bond acceptors (Lipinski definition) is 0. The number of nitrogens with zero attached hydrogens (tertiary/aromatic N) is 1. The van der Waals surface area contributed by atoms with Crippen LogP contribution < -0.4 is 0 Å². The lowest BCUT2D eigenvalue weighted by molar-refractivity contribution is 1.18. The first-order valence-corrected chi connectivity index (χ1v) is 16.3. The Kier molecular flexibility index (Phi) is 5.64. The maximum Gasteiger partial charge on any atom is 0.0547 e. The highest BCUT2D eigenvalue weighted by Gasteiger charge is 2.16. The molecule has 1 heterocycles. The molecule has 1 aromatic heterocycles. The number of aromatic nitrogens is 1. The minimum Gasteiger partial charge on any atom is -0.309 e. The Balaban J connectivity index is 1.16. The van der Waals surface area contributed by atoms with Gasteiger partial charge in [-0.2, -0.15) is 0 Å². The zero-order valence-corrected chi connectivity index (χ0v) is 25.7. The van der Waals surface area contributed by atoms with Crippen molar-refractivity contribution in [2.24, 2.45) is 0 Å². The van der Waals surface area contributed by atoms with E-state index in [2.05, 4.69) is 180 Å². The van der Waals surface area contributed by atoms with Gasteiger partial charge in [0.25, 0.3) is 0 Å². The van der Waals surface area contributed by atoms with Gasteiger partial charge in [0.2, 0.25) is 0 Å². The molecule has 0 aliphatic rings. The first kappa shape index (κ1) is 26.1. The van der Waals surface area contributed by atoms with Gasteiger partial charge in [0.05, 0.1) is 11.0 Å². The van der Waals surface area contributed by atoms with Crippen LogP contribution in [0.15, 0.2) is 176 Å². The molecule has 0 N–H and O–H groups in total. The van der Waals surface area contributed by atoms with Crippen LogP contribution in [0.4, 0.5) is 0 Å². The van der Waals surface area contributed by atoms with E-state index in [1.807, 2.05) is 0 Å². The third kappa shape index (κ3) is 3.90. The summed E-state index contributed by atoms with van der Waals surface area (Å²) in [6.45, 7) is 0. The lowest BCUT2D eigenvalue weighted by atomic mass is 9.87. The molecule has 0 amide bonds. The predicted octanol–water partition coefficient (Wildman–Crippen LogP) is 12.7. The summed E-state index contributed by atoms with van der Waals surface area (Å²) in [7, 11) is 0. The first-order valence-electron chi connectivity index (χ1n) is 16.3. The molecule has 0 unspecified atom stereocenters. The van der Waals surface area contributed by atoms with E-state index < -0.39 is 0 Å². The van der Waals surface area contributed by atoms with Crippen LogP contribution in [-0.4, -0.2) is 4.57 Å². The molecule has 1 nitrogen and oxygen atoms in total. The molecule has 218 valence electrons. The molecule has 0 fully saturated rings. The summed E-state index contributed by atoms with van der Waals surface area (Å²) in [5, 5.41) is 13.0. The van der Waals surface area contributed by atoms with Gasteiger partial charge in [-0.3, -0.25) is 0 Å². The highest BCUT2D eigenvalue weighted by atomic mass is 15.0. The van der Waals surface area contributed by atoms with Crippen LogP contribution in [0, 0.1) is 0 Å². The highest BCUT2D eigenvalue weighted by Crippen LogP contribution is 2.43. The summed E-state index contributed by atoms with van der Waals surface area (Å²) in [5.74, 6) is 0. The zero-order valence-electron chi connectivity index (χ0n) is 25.7. The normalized spacial score (nSPS) is 11.8. The van der Waals surface area contributed by atoms with Crippen molar-refractivity contribution in [2.45, 2.75) is 0 Å². The monoisotopic (exact) mass is 595 g/mol. The second-order valence-electron chi connectivity index (χ2n) is 12.5. The van der Waals surface area contributed by atoms with Crippen molar-refractivity contribution in [2.75, 3.05) is 0 Å².